The quantitative estimate of drug-likeness (QED) is 0.828. The van der Waals surface area contributed by atoms with Gasteiger partial charge in [0.05, 0.1) is 7.11 Å². The molecule has 3 heteroatoms. The molecular formula is C16H23NO2. The molecule has 0 saturated carbocycles. The largest absolute Gasteiger partial charge is 0.493 e. The molecule has 0 aliphatic heterocycles. The fraction of sp³-hybridized carbons (Fsp3) is 0.500. The third-order valence-corrected chi connectivity index (χ3v) is 3.27. The fourth-order valence-corrected chi connectivity index (χ4v) is 2.35. The molecule has 2 N–H and O–H groups in total. The van der Waals surface area contributed by atoms with Crippen LogP contribution in [0.15, 0.2) is 30.4 Å². The van der Waals surface area contributed by atoms with Crippen LogP contribution in [-0.4, -0.2) is 19.3 Å². The molecule has 0 amide bonds. The van der Waals surface area contributed by atoms with Crippen molar-refractivity contribution in [2.75, 3.05) is 7.11 Å². The van der Waals surface area contributed by atoms with E-state index in [2.05, 4.69) is 12.2 Å². The third kappa shape index (κ3) is 4.00. The summed E-state index contributed by atoms with van der Waals surface area (Å²) < 4.78 is 11.4. The first-order valence-electron chi connectivity index (χ1n) is 6.95. The van der Waals surface area contributed by atoms with Gasteiger partial charge in [-0.2, -0.15) is 0 Å². The Bertz CT molecular complexity index is 440. The highest BCUT2D eigenvalue weighted by Gasteiger charge is 2.14. The molecule has 1 aliphatic carbocycles. The van der Waals surface area contributed by atoms with E-state index in [1.165, 1.54) is 12.0 Å². The molecule has 0 aromatic heterocycles. The van der Waals surface area contributed by atoms with Gasteiger partial charge in [-0.05, 0) is 56.4 Å². The highest BCUT2D eigenvalue weighted by molar-refractivity contribution is 5.43. The van der Waals surface area contributed by atoms with Gasteiger partial charge in [0.15, 0.2) is 11.5 Å². The summed E-state index contributed by atoms with van der Waals surface area (Å²) in [5.41, 5.74) is 7.03. The van der Waals surface area contributed by atoms with Gasteiger partial charge in [-0.25, -0.2) is 0 Å². The molecule has 0 spiro atoms. The average molecular weight is 261 g/mol. The van der Waals surface area contributed by atoms with E-state index in [9.17, 15) is 0 Å². The van der Waals surface area contributed by atoms with Gasteiger partial charge in [-0.3, -0.25) is 0 Å². The zero-order chi connectivity index (χ0) is 13.7. The van der Waals surface area contributed by atoms with E-state index in [1.807, 2.05) is 25.1 Å². The number of ether oxygens (including phenoxy) is 2. The summed E-state index contributed by atoms with van der Waals surface area (Å²) in [6, 6.07) is 6.20. The van der Waals surface area contributed by atoms with E-state index < -0.39 is 0 Å². The smallest absolute Gasteiger partial charge is 0.162 e. The zero-order valence-corrected chi connectivity index (χ0v) is 11.8. The van der Waals surface area contributed by atoms with Gasteiger partial charge in [0.1, 0.15) is 6.10 Å². The summed E-state index contributed by atoms with van der Waals surface area (Å²) in [5, 5.41) is 0. The van der Waals surface area contributed by atoms with Gasteiger partial charge in [0.2, 0.25) is 0 Å². The van der Waals surface area contributed by atoms with Crippen molar-refractivity contribution in [2.45, 2.75) is 44.8 Å². The van der Waals surface area contributed by atoms with Gasteiger partial charge in [0.25, 0.3) is 0 Å². The molecule has 1 aromatic carbocycles. The SMILES string of the molecule is COc1ccc(CC(C)N)cc1OC1C=CCCC1. The van der Waals surface area contributed by atoms with Crippen molar-refractivity contribution >= 4 is 0 Å². The first-order valence-corrected chi connectivity index (χ1v) is 6.95. The Morgan fingerprint density at radius 1 is 1.37 bits per heavy atom. The molecule has 1 aromatic rings. The molecular weight excluding hydrogens is 238 g/mol. The van der Waals surface area contributed by atoms with Gasteiger partial charge in [-0.15, -0.1) is 0 Å². The number of hydrogen-bond donors (Lipinski definition) is 1. The molecule has 0 saturated heterocycles. The second-order valence-electron chi connectivity index (χ2n) is 5.18. The molecule has 104 valence electrons. The standard InChI is InChI=1S/C16H23NO2/c1-12(17)10-13-8-9-15(18-2)16(11-13)19-14-6-4-3-5-7-14/h4,6,8-9,11-12,14H,3,5,7,10,17H2,1-2H3. The van der Waals surface area contributed by atoms with E-state index in [1.54, 1.807) is 7.11 Å². The Hall–Kier alpha value is -1.48. The van der Waals surface area contributed by atoms with E-state index in [0.717, 1.165) is 30.8 Å². The predicted octanol–water partition coefficient (Wildman–Crippen LogP) is 3.07. The minimum absolute atomic E-state index is 0.149. The Balaban J connectivity index is 2.15. The van der Waals surface area contributed by atoms with E-state index in [0.29, 0.717) is 0 Å². The van der Waals surface area contributed by atoms with Gasteiger partial charge >= 0.3 is 0 Å². The Labute approximate surface area is 115 Å². The Morgan fingerprint density at radius 3 is 2.84 bits per heavy atom. The van der Waals surface area contributed by atoms with E-state index in [4.69, 9.17) is 15.2 Å². The van der Waals surface area contributed by atoms with Crippen LogP contribution >= 0.6 is 0 Å². The van der Waals surface area contributed by atoms with Crippen LogP contribution < -0.4 is 15.2 Å². The number of allylic oxidation sites excluding steroid dienone is 1. The van der Waals surface area contributed by atoms with Crippen LogP contribution in [0.3, 0.4) is 0 Å². The van der Waals surface area contributed by atoms with Crippen molar-refractivity contribution < 1.29 is 9.47 Å². The van der Waals surface area contributed by atoms with Gasteiger partial charge in [-0.1, -0.05) is 12.1 Å². The van der Waals surface area contributed by atoms with Crippen LogP contribution in [0.4, 0.5) is 0 Å². The Morgan fingerprint density at radius 2 is 2.21 bits per heavy atom. The number of nitrogens with two attached hydrogens (primary N) is 1. The maximum absolute atomic E-state index is 6.05. The lowest BCUT2D eigenvalue weighted by atomic mass is 10.0. The number of benzene rings is 1. The molecule has 19 heavy (non-hydrogen) atoms. The minimum Gasteiger partial charge on any atom is -0.493 e. The molecule has 0 fully saturated rings. The van der Waals surface area contributed by atoms with Crippen molar-refractivity contribution in [2.24, 2.45) is 5.73 Å². The van der Waals surface area contributed by atoms with Crippen molar-refractivity contribution in [1.82, 2.24) is 0 Å². The van der Waals surface area contributed by atoms with Crippen LogP contribution in [-0.2, 0) is 6.42 Å². The third-order valence-electron chi connectivity index (χ3n) is 3.27. The van der Waals surface area contributed by atoms with E-state index >= 15 is 0 Å². The lowest BCUT2D eigenvalue weighted by Crippen LogP contribution is -2.18. The summed E-state index contributed by atoms with van der Waals surface area (Å²) in [6.45, 7) is 2.01. The van der Waals surface area contributed by atoms with Crippen molar-refractivity contribution in [3.05, 3.63) is 35.9 Å². The minimum atomic E-state index is 0.149. The maximum atomic E-state index is 6.05. The average Bonchev–Trinajstić information content (AvgIpc) is 2.39. The summed E-state index contributed by atoms with van der Waals surface area (Å²) in [7, 11) is 1.67. The summed E-state index contributed by atoms with van der Waals surface area (Å²) in [4.78, 5) is 0. The number of methoxy groups -OCH3 is 1. The second-order valence-corrected chi connectivity index (χ2v) is 5.18. The maximum Gasteiger partial charge on any atom is 0.162 e. The van der Waals surface area contributed by atoms with Crippen LogP contribution in [0.1, 0.15) is 31.7 Å². The van der Waals surface area contributed by atoms with Crippen LogP contribution in [0.2, 0.25) is 0 Å². The highest BCUT2D eigenvalue weighted by atomic mass is 16.5. The first-order chi connectivity index (χ1) is 9.19. The Kier molecular flexibility index (Phi) is 4.86. The molecule has 1 aliphatic rings. The number of rotatable bonds is 5. The molecule has 2 rings (SSSR count). The zero-order valence-electron chi connectivity index (χ0n) is 11.8. The molecule has 0 radical (unpaired) electrons. The monoisotopic (exact) mass is 261 g/mol. The summed E-state index contributed by atoms with van der Waals surface area (Å²) in [5.74, 6) is 1.60. The molecule has 0 heterocycles. The lowest BCUT2D eigenvalue weighted by Gasteiger charge is -2.20. The van der Waals surface area contributed by atoms with E-state index in [-0.39, 0.29) is 12.1 Å². The van der Waals surface area contributed by atoms with Crippen LogP contribution in [0, 0.1) is 0 Å². The molecule has 2 atom stereocenters. The second kappa shape index (κ2) is 6.62. The normalized spacial score (nSPS) is 20.1. The summed E-state index contributed by atoms with van der Waals surface area (Å²) in [6.07, 6.45) is 8.74. The van der Waals surface area contributed by atoms with Gasteiger partial charge in [0, 0.05) is 6.04 Å². The highest BCUT2D eigenvalue weighted by Crippen LogP contribution is 2.31. The predicted molar refractivity (Wildman–Crippen MR) is 77.8 cm³/mol. The fourth-order valence-electron chi connectivity index (χ4n) is 2.35. The first kappa shape index (κ1) is 13.9. The number of hydrogen-bond acceptors (Lipinski definition) is 3. The van der Waals surface area contributed by atoms with Crippen molar-refractivity contribution in [3.8, 4) is 11.5 Å². The van der Waals surface area contributed by atoms with Gasteiger partial charge < -0.3 is 15.2 Å². The molecule has 2 unspecified atom stereocenters. The van der Waals surface area contributed by atoms with Crippen LogP contribution in [0.25, 0.3) is 0 Å². The summed E-state index contributed by atoms with van der Waals surface area (Å²) >= 11 is 0. The van der Waals surface area contributed by atoms with Crippen molar-refractivity contribution in [1.29, 1.82) is 0 Å². The lowest BCUT2D eigenvalue weighted by molar-refractivity contribution is 0.219. The van der Waals surface area contributed by atoms with Crippen LogP contribution in [0.5, 0.6) is 11.5 Å². The topological polar surface area (TPSA) is 44.5 Å². The molecule has 0 bridgehead atoms. The van der Waals surface area contributed by atoms with Crippen molar-refractivity contribution in [3.63, 3.8) is 0 Å². The molecule has 3 nitrogen and oxygen atoms in total.